The van der Waals surface area contributed by atoms with Crippen molar-refractivity contribution < 1.29 is 0 Å². The average molecular weight is 114 g/mol. The smallest absolute Gasteiger partial charge is 0.00457 e. The molecule has 0 aliphatic heterocycles. The van der Waals surface area contributed by atoms with Gasteiger partial charge >= 0.3 is 0 Å². The molecule has 1 aliphatic rings. The van der Waals surface area contributed by atoms with Crippen molar-refractivity contribution in [2.45, 2.75) is 12.8 Å². The zero-order valence-corrected chi connectivity index (χ0v) is 5.14. The van der Waals surface area contributed by atoms with Crippen molar-refractivity contribution in [3.05, 3.63) is 0 Å². The van der Waals surface area contributed by atoms with Crippen LogP contribution in [-0.2, 0) is 0 Å². The molecule has 1 aliphatic carbocycles. The van der Waals surface area contributed by atoms with Gasteiger partial charge in [-0.1, -0.05) is 0 Å². The molecule has 2 atom stereocenters. The lowest BCUT2D eigenvalue weighted by atomic mass is 9.74. The minimum Gasteiger partial charge on any atom is -0.330 e. The van der Waals surface area contributed by atoms with E-state index in [1.54, 1.807) is 0 Å². The van der Waals surface area contributed by atoms with Gasteiger partial charge in [-0.3, -0.25) is 0 Å². The van der Waals surface area contributed by atoms with Gasteiger partial charge in [-0.2, -0.15) is 0 Å². The normalized spacial score (nSPS) is 36.8. The molecule has 0 aromatic rings. The molecule has 0 aromatic heterocycles. The Hall–Kier alpha value is -0.0800. The summed E-state index contributed by atoms with van der Waals surface area (Å²) in [7, 11) is 0. The van der Waals surface area contributed by atoms with Crippen LogP contribution in [0.3, 0.4) is 0 Å². The lowest BCUT2D eigenvalue weighted by molar-refractivity contribution is 0.192. The third-order valence-electron chi connectivity index (χ3n) is 2.18. The molecule has 8 heavy (non-hydrogen) atoms. The topological polar surface area (TPSA) is 52.0 Å². The maximum absolute atomic E-state index is 5.44. The van der Waals surface area contributed by atoms with Crippen LogP contribution >= 0.6 is 0 Å². The standard InChI is InChI=1S/C6H14N2/c7-3-5-1-2-6(5)4-8/h5-6H,1-4,7-8H2/t5-,6-/m1/s1. The van der Waals surface area contributed by atoms with E-state index >= 15 is 0 Å². The van der Waals surface area contributed by atoms with Crippen molar-refractivity contribution in [3.8, 4) is 0 Å². The van der Waals surface area contributed by atoms with E-state index in [0.717, 1.165) is 24.9 Å². The Kier molecular flexibility index (Phi) is 1.86. The molecule has 1 rings (SSSR count). The van der Waals surface area contributed by atoms with Crippen LogP contribution in [0.4, 0.5) is 0 Å². The molecule has 0 unspecified atom stereocenters. The summed E-state index contributed by atoms with van der Waals surface area (Å²) in [4.78, 5) is 0. The molecule has 0 heterocycles. The Balaban J connectivity index is 2.16. The minimum absolute atomic E-state index is 0.750. The molecule has 2 heteroatoms. The zero-order chi connectivity index (χ0) is 5.98. The molecular weight excluding hydrogens is 100 g/mol. The molecule has 0 saturated heterocycles. The highest BCUT2D eigenvalue weighted by Crippen LogP contribution is 2.31. The van der Waals surface area contributed by atoms with Crippen LogP contribution in [0, 0.1) is 11.8 Å². The molecule has 4 N–H and O–H groups in total. The summed E-state index contributed by atoms with van der Waals surface area (Å²) in [5.41, 5.74) is 10.9. The molecule has 0 radical (unpaired) electrons. The third-order valence-corrected chi connectivity index (χ3v) is 2.18. The lowest BCUT2D eigenvalue weighted by Crippen LogP contribution is -2.36. The second-order valence-corrected chi connectivity index (χ2v) is 2.57. The summed E-state index contributed by atoms with van der Waals surface area (Å²) in [5, 5.41) is 0. The largest absolute Gasteiger partial charge is 0.330 e. The molecule has 0 spiro atoms. The van der Waals surface area contributed by atoms with Crippen LogP contribution in [0.25, 0.3) is 0 Å². The third kappa shape index (κ3) is 0.858. The van der Waals surface area contributed by atoms with Crippen LogP contribution in [-0.4, -0.2) is 13.1 Å². The van der Waals surface area contributed by atoms with E-state index < -0.39 is 0 Å². The van der Waals surface area contributed by atoms with E-state index in [1.165, 1.54) is 12.8 Å². The van der Waals surface area contributed by atoms with Gasteiger partial charge in [0.1, 0.15) is 0 Å². The van der Waals surface area contributed by atoms with E-state index in [2.05, 4.69) is 0 Å². The van der Waals surface area contributed by atoms with Crippen LogP contribution in [0.2, 0.25) is 0 Å². The Morgan fingerprint density at radius 1 is 1.00 bits per heavy atom. The summed E-state index contributed by atoms with van der Waals surface area (Å²) in [5.74, 6) is 1.50. The second-order valence-electron chi connectivity index (χ2n) is 2.57. The van der Waals surface area contributed by atoms with Crippen LogP contribution < -0.4 is 11.5 Å². The van der Waals surface area contributed by atoms with Crippen molar-refractivity contribution in [1.29, 1.82) is 0 Å². The van der Waals surface area contributed by atoms with Crippen molar-refractivity contribution in [3.63, 3.8) is 0 Å². The van der Waals surface area contributed by atoms with Crippen LogP contribution in [0.15, 0.2) is 0 Å². The molecule has 48 valence electrons. The highest BCUT2D eigenvalue weighted by atomic mass is 14.6. The predicted molar refractivity (Wildman–Crippen MR) is 34.3 cm³/mol. The maximum Gasteiger partial charge on any atom is -0.00457 e. The SMILES string of the molecule is NC[C@H]1CC[C@@H]1CN. The quantitative estimate of drug-likeness (QED) is 0.528. The zero-order valence-electron chi connectivity index (χ0n) is 5.14. The first-order valence-electron chi connectivity index (χ1n) is 3.28. The van der Waals surface area contributed by atoms with Crippen molar-refractivity contribution in [2.75, 3.05) is 13.1 Å². The van der Waals surface area contributed by atoms with E-state index in [-0.39, 0.29) is 0 Å². The molecule has 0 aromatic carbocycles. The number of hydrogen-bond acceptors (Lipinski definition) is 2. The molecule has 1 fully saturated rings. The fourth-order valence-electron chi connectivity index (χ4n) is 1.26. The Morgan fingerprint density at radius 2 is 1.38 bits per heavy atom. The lowest BCUT2D eigenvalue weighted by Gasteiger charge is -2.34. The first-order valence-corrected chi connectivity index (χ1v) is 3.28. The summed E-state index contributed by atoms with van der Waals surface area (Å²) >= 11 is 0. The second kappa shape index (κ2) is 2.46. The first kappa shape index (κ1) is 6.05. The van der Waals surface area contributed by atoms with Gasteiger partial charge in [-0.25, -0.2) is 0 Å². The van der Waals surface area contributed by atoms with Gasteiger partial charge in [0.15, 0.2) is 0 Å². The van der Waals surface area contributed by atoms with Crippen molar-refractivity contribution in [1.82, 2.24) is 0 Å². The minimum atomic E-state index is 0.750. The Labute approximate surface area is 50.2 Å². The molecular formula is C6H14N2. The Morgan fingerprint density at radius 3 is 1.50 bits per heavy atom. The summed E-state index contributed by atoms with van der Waals surface area (Å²) < 4.78 is 0. The first-order chi connectivity index (χ1) is 3.88. The summed E-state index contributed by atoms with van der Waals surface area (Å²) in [6, 6.07) is 0. The van der Waals surface area contributed by atoms with Gasteiger partial charge in [0.2, 0.25) is 0 Å². The highest BCUT2D eigenvalue weighted by molar-refractivity contribution is 4.81. The fraction of sp³-hybridized carbons (Fsp3) is 1.00. The average Bonchev–Trinajstić information content (AvgIpc) is 1.66. The fourth-order valence-corrected chi connectivity index (χ4v) is 1.26. The van der Waals surface area contributed by atoms with Gasteiger partial charge in [0, 0.05) is 0 Å². The van der Waals surface area contributed by atoms with Crippen LogP contribution in [0.1, 0.15) is 12.8 Å². The number of rotatable bonds is 2. The molecule has 2 nitrogen and oxygen atoms in total. The van der Waals surface area contributed by atoms with Gasteiger partial charge < -0.3 is 11.5 Å². The van der Waals surface area contributed by atoms with Gasteiger partial charge in [-0.15, -0.1) is 0 Å². The van der Waals surface area contributed by atoms with E-state index in [1.807, 2.05) is 0 Å². The van der Waals surface area contributed by atoms with Crippen molar-refractivity contribution in [2.24, 2.45) is 23.3 Å². The van der Waals surface area contributed by atoms with E-state index in [9.17, 15) is 0 Å². The van der Waals surface area contributed by atoms with Gasteiger partial charge in [0.05, 0.1) is 0 Å². The maximum atomic E-state index is 5.44. The van der Waals surface area contributed by atoms with E-state index in [0.29, 0.717) is 0 Å². The van der Waals surface area contributed by atoms with E-state index in [4.69, 9.17) is 11.5 Å². The monoisotopic (exact) mass is 114 g/mol. The van der Waals surface area contributed by atoms with Gasteiger partial charge in [0.25, 0.3) is 0 Å². The molecule has 0 bridgehead atoms. The van der Waals surface area contributed by atoms with Crippen molar-refractivity contribution >= 4 is 0 Å². The Bertz CT molecular complexity index is 58.9. The summed E-state index contributed by atoms with van der Waals surface area (Å²) in [6.07, 6.45) is 2.61. The number of hydrogen-bond donors (Lipinski definition) is 2. The van der Waals surface area contributed by atoms with Crippen LogP contribution in [0.5, 0.6) is 0 Å². The molecule has 0 amide bonds. The summed E-state index contributed by atoms with van der Waals surface area (Å²) in [6.45, 7) is 1.67. The van der Waals surface area contributed by atoms with Gasteiger partial charge in [-0.05, 0) is 37.8 Å². The number of nitrogens with two attached hydrogens (primary N) is 2. The molecule has 1 saturated carbocycles. The predicted octanol–water partition coefficient (Wildman–Crippen LogP) is -0.0700. The highest BCUT2D eigenvalue weighted by Gasteiger charge is 2.27.